The lowest BCUT2D eigenvalue weighted by molar-refractivity contribution is 0.0643. The van der Waals surface area contributed by atoms with Crippen molar-refractivity contribution in [2.24, 2.45) is 0 Å². The monoisotopic (exact) mass is 219 g/mol. The summed E-state index contributed by atoms with van der Waals surface area (Å²) in [6.07, 6.45) is 3.83. The number of likely N-dealkylation sites (tertiary alicyclic amines) is 1. The summed E-state index contributed by atoms with van der Waals surface area (Å²) in [6, 6.07) is 11.1. The molecule has 0 spiro atoms. The molecule has 1 fully saturated rings. The van der Waals surface area contributed by atoms with E-state index in [-0.39, 0.29) is 12.6 Å². The number of rotatable bonds is 3. The Morgan fingerprint density at radius 2 is 2.06 bits per heavy atom. The zero-order valence-electron chi connectivity index (χ0n) is 9.97. The fourth-order valence-electron chi connectivity index (χ4n) is 2.66. The van der Waals surface area contributed by atoms with Crippen LogP contribution in [0.1, 0.15) is 37.8 Å². The predicted octanol–water partition coefficient (Wildman–Crippen LogP) is 2.59. The number of benzene rings is 1. The Morgan fingerprint density at radius 3 is 2.69 bits per heavy atom. The molecule has 1 aromatic carbocycles. The molecule has 1 aliphatic heterocycles. The van der Waals surface area contributed by atoms with Crippen LogP contribution < -0.4 is 0 Å². The molecule has 2 atom stereocenters. The molecular weight excluding hydrogens is 198 g/mol. The molecule has 1 aromatic rings. The molecule has 88 valence electrons. The second-order valence-electron chi connectivity index (χ2n) is 4.69. The summed E-state index contributed by atoms with van der Waals surface area (Å²) in [6.45, 7) is 3.60. The van der Waals surface area contributed by atoms with Crippen molar-refractivity contribution in [3.8, 4) is 0 Å². The highest BCUT2D eigenvalue weighted by Gasteiger charge is 2.26. The number of hydrogen-bond donors (Lipinski definition) is 1. The molecule has 0 bridgehead atoms. The highest BCUT2D eigenvalue weighted by Crippen LogP contribution is 2.27. The van der Waals surface area contributed by atoms with Crippen LogP contribution in [0.2, 0.25) is 0 Å². The SMILES string of the molecule is C[C@H]1CCCCN1[C@H](CO)c1ccccc1. The van der Waals surface area contributed by atoms with Crippen LogP contribution in [0.4, 0.5) is 0 Å². The average molecular weight is 219 g/mol. The summed E-state index contributed by atoms with van der Waals surface area (Å²) in [7, 11) is 0. The first kappa shape index (κ1) is 11.6. The first-order chi connectivity index (χ1) is 7.83. The van der Waals surface area contributed by atoms with E-state index >= 15 is 0 Å². The largest absolute Gasteiger partial charge is 0.394 e. The van der Waals surface area contributed by atoms with E-state index in [9.17, 15) is 5.11 Å². The maximum absolute atomic E-state index is 9.61. The van der Waals surface area contributed by atoms with Crippen LogP contribution in [-0.2, 0) is 0 Å². The smallest absolute Gasteiger partial charge is 0.0628 e. The molecular formula is C14H21NO. The van der Waals surface area contributed by atoms with Gasteiger partial charge in [-0.05, 0) is 31.9 Å². The molecule has 0 aromatic heterocycles. The van der Waals surface area contributed by atoms with Crippen molar-refractivity contribution in [3.63, 3.8) is 0 Å². The van der Waals surface area contributed by atoms with Crippen LogP contribution in [0.5, 0.6) is 0 Å². The highest BCUT2D eigenvalue weighted by molar-refractivity contribution is 5.19. The van der Waals surface area contributed by atoms with Crippen molar-refractivity contribution >= 4 is 0 Å². The van der Waals surface area contributed by atoms with Gasteiger partial charge in [0.2, 0.25) is 0 Å². The molecule has 2 heteroatoms. The Balaban J connectivity index is 2.15. The molecule has 1 N–H and O–H groups in total. The lowest BCUT2D eigenvalue weighted by Gasteiger charge is -2.39. The molecule has 0 unspecified atom stereocenters. The van der Waals surface area contributed by atoms with Crippen LogP contribution >= 0.6 is 0 Å². The molecule has 0 aliphatic carbocycles. The van der Waals surface area contributed by atoms with Crippen molar-refractivity contribution in [3.05, 3.63) is 35.9 Å². The fourth-order valence-corrected chi connectivity index (χ4v) is 2.66. The third-order valence-corrected chi connectivity index (χ3v) is 3.61. The highest BCUT2D eigenvalue weighted by atomic mass is 16.3. The van der Waals surface area contributed by atoms with Gasteiger partial charge in [0.05, 0.1) is 12.6 Å². The number of nitrogens with zero attached hydrogens (tertiary/aromatic N) is 1. The summed E-state index contributed by atoms with van der Waals surface area (Å²) in [4.78, 5) is 2.44. The van der Waals surface area contributed by atoms with E-state index in [1.165, 1.54) is 24.8 Å². The minimum absolute atomic E-state index is 0.177. The van der Waals surface area contributed by atoms with Gasteiger partial charge in [-0.15, -0.1) is 0 Å². The van der Waals surface area contributed by atoms with E-state index in [0.29, 0.717) is 6.04 Å². The normalized spacial score (nSPS) is 24.2. The summed E-state index contributed by atoms with van der Waals surface area (Å²) in [5.74, 6) is 0. The molecule has 0 amide bonds. The zero-order chi connectivity index (χ0) is 11.4. The Labute approximate surface area is 97.9 Å². The van der Waals surface area contributed by atoms with E-state index in [0.717, 1.165) is 6.54 Å². The Morgan fingerprint density at radius 1 is 1.31 bits per heavy atom. The molecule has 1 aliphatic rings. The van der Waals surface area contributed by atoms with Crippen molar-refractivity contribution in [2.75, 3.05) is 13.2 Å². The lowest BCUT2D eigenvalue weighted by atomic mass is 9.98. The number of aliphatic hydroxyl groups is 1. The Hall–Kier alpha value is -0.860. The van der Waals surface area contributed by atoms with Crippen LogP contribution in [0.15, 0.2) is 30.3 Å². The third-order valence-electron chi connectivity index (χ3n) is 3.61. The van der Waals surface area contributed by atoms with Crippen LogP contribution in [0.25, 0.3) is 0 Å². The summed E-state index contributed by atoms with van der Waals surface area (Å²) >= 11 is 0. The van der Waals surface area contributed by atoms with Crippen molar-refractivity contribution in [2.45, 2.75) is 38.3 Å². The Kier molecular flexibility index (Phi) is 3.97. The van der Waals surface area contributed by atoms with Gasteiger partial charge in [-0.25, -0.2) is 0 Å². The first-order valence-corrected chi connectivity index (χ1v) is 6.24. The molecule has 0 radical (unpaired) electrons. The first-order valence-electron chi connectivity index (χ1n) is 6.24. The van der Waals surface area contributed by atoms with E-state index < -0.39 is 0 Å². The molecule has 0 saturated carbocycles. The quantitative estimate of drug-likeness (QED) is 0.844. The topological polar surface area (TPSA) is 23.5 Å². The third kappa shape index (κ3) is 2.45. The van der Waals surface area contributed by atoms with Gasteiger partial charge in [-0.1, -0.05) is 36.8 Å². The van der Waals surface area contributed by atoms with Gasteiger partial charge >= 0.3 is 0 Å². The number of piperidine rings is 1. The maximum atomic E-state index is 9.61. The second-order valence-corrected chi connectivity index (χ2v) is 4.69. The fraction of sp³-hybridized carbons (Fsp3) is 0.571. The van der Waals surface area contributed by atoms with Gasteiger partial charge in [0, 0.05) is 6.04 Å². The van der Waals surface area contributed by atoms with E-state index in [1.807, 2.05) is 18.2 Å². The van der Waals surface area contributed by atoms with Gasteiger partial charge < -0.3 is 5.11 Å². The Bertz CT molecular complexity index is 312. The molecule has 2 nitrogen and oxygen atoms in total. The van der Waals surface area contributed by atoms with Crippen molar-refractivity contribution < 1.29 is 5.11 Å². The molecule has 16 heavy (non-hydrogen) atoms. The summed E-state index contributed by atoms with van der Waals surface area (Å²) < 4.78 is 0. The van der Waals surface area contributed by atoms with Crippen molar-refractivity contribution in [1.29, 1.82) is 0 Å². The summed E-state index contributed by atoms with van der Waals surface area (Å²) in [5, 5.41) is 9.61. The average Bonchev–Trinajstić information content (AvgIpc) is 2.34. The minimum atomic E-state index is 0.177. The van der Waals surface area contributed by atoms with Crippen molar-refractivity contribution in [1.82, 2.24) is 4.90 Å². The van der Waals surface area contributed by atoms with Gasteiger partial charge in [0.25, 0.3) is 0 Å². The standard InChI is InChI=1S/C14H21NO/c1-12-7-5-6-10-15(12)14(11-16)13-8-3-2-4-9-13/h2-4,8-9,12,14,16H,5-7,10-11H2,1H3/t12-,14+/m0/s1. The van der Waals surface area contributed by atoms with E-state index in [2.05, 4.69) is 24.0 Å². The van der Waals surface area contributed by atoms with Crippen LogP contribution in [0.3, 0.4) is 0 Å². The second kappa shape index (κ2) is 5.46. The molecule has 1 heterocycles. The maximum Gasteiger partial charge on any atom is 0.0628 e. The lowest BCUT2D eigenvalue weighted by Crippen LogP contribution is -2.41. The van der Waals surface area contributed by atoms with E-state index in [1.54, 1.807) is 0 Å². The van der Waals surface area contributed by atoms with Gasteiger partial charge in [0.1, 0.15) is 0 Å². The van der Waals surface area contributed by atoms with E-state index in [4.69, 9.17) is 0 Å². The number of hydrogen-bond acceptors (Lipinski definition) is 2. The van der Waals surface area contributed by atoms with Gasteiger partial charge in [0.15, 0.2) is 0 Å². The summed E-state index contributed by atoms with van der Waals surface area (Å²) in [5.41, 5.74) is 1.23. The minimum Gasteiger partial charge on any atom is -0.394 e. The molecule has 1 saturated heterocycles. The van der Waals surface area contributed by atoms with Gasteiger partial charge in [-0.2, -0.15) is 0 Å². The predicted molar refractivity (Wildman–Crippen MR) is 66.3 cm³/mol. The van der Waals surface area contributed by atoms with Gasteiger partial charge in [-0.3, -0.25) is 4.90 Å². The van der Waals surface area contributed by atoms with Crippen LogP contribution in [-0.4, -0.2) is 29.2 Å². The zero-order valence-corrected chi connectivity index (χ0v) is 9.97. The number of aliphatic hydroxyl groups excluding tert-OH is 1. The molecule has 2 rings (SSSR count). The van der Waals surface area contributed by atoms with Crippen LogP contribution in [0, 0.1) is 0 Å².